The van der Waals surface area contributed by atoms with Gasteiger partial charge in [-0.05, 0) is 49.2 Å². The molecule has 43 heavy (non-hydrogen) atoms. The van der Waals surface area contributed by atoms with Crippen molar-refractivity contribution in [2.24, 2.45) is 4.99 Å². The molecular formula is C31H26BrN3O7S. The summed E-state index contributed by atoms with van der Waals surface area (Å²) in [6.45, 7) is 3.48. The number of hydrogen-bond acceptors (Lipinski definition) is 9. The summed E-state index contributed by atoms with van der Waals surface area (Å²) >= 11 is 4.53. The fourth-order valence-electron chi connectivity index (χ4n) is 4.70. The molecule has 1 aliphatic heterocycles. The van der Waals surface area contributed by atoms with E-state index in [9.17, 15) is 19.7 Å². The number of nitro benzene ring substituents is 1. The topological polar surface area (TPSA) is 122 Å². The molecule has 0 bridgehead atoms. The van der Waals surface area contributed by atoms with Crippen LogP contribution in [0.3, 0.4) is 0 Å². The SMILES string of the molecule is CCOC(=O)C1=C(C)n2c(s/c(=C\c3ccc(Br)cc3)c2=O)=N[C@H]1c1cc(OC)c(OCc2ccccc2)cc1[N+](=O)[O-]. The van der Waals surface area contributed by atoms with Gasteiger partial charge in [0.25, 0.3) is 11.2 Å². The van der Waals surface area contributed by atoms with E-state index in [2.05, 4.69) is 15.9 Å². The summed E-state index contributed by atoms with van der Waals surface area (Å²) in [5.74, 6) is -0.338. The summed E-state index contributed by atoms with van der Waals surface area (Å²) in [5, 5.41) is 12.4. The predicted molar refractivity (Wildman–Crippen MR) is 166 cm³/mol. The molecule has 3 aromatic carbocycles. The van der Waals surface area contributed by atoms with Gasteiger partial charge in [-0.2, -0.15) is 0 Å². The Bertz CT molecular complexity index is 1920. The second-order valence-electron chi connectivity index (χ2n) is 9.43. The van der Waals surface area contributed by atoms with Gasteiger partial charge in [0, 0.05) is 10.2 Å². The predicted octanol–water partition coefficient (Wildman–Crippen LogP) is 5.17. The number of benzene rings is 3. The van der Waals surface area contributed by atoms with Gasteiger partial charge in [0.2, 0.25) is 0 Å². The van der Waals surface area contributed by atoms with E-state index >= 15 is 0 Å². The van der Waals surface area contributed by atoms with Crippen molar-refractivity contribution < 1.29 is 23.9 Å². The Kier molecular flexibility index (Phi) is 8.88. The Morgan fingerprint density at radius 1 is 1.14 bits per heavy atom. The molecule has 12 heteroatoms. The second kappa shape index (κ2) is 12.8. The number of methoxy groups -OCH3 is 1. The molecule has 2 heterocycles. The minimum atomic E-state index is -1.14. The number of aromatic nitrogens is 1. The van der Waals surface area contributed by atoms with Crippen molar-refractivity contribution >= 4 is 50.7 Å². The molecule has 1 aliphatic rings. The number of nitro groups is 1. The number of fused-ring (bicyclic) bond motifs is 1. The summed E-state index contributed by atoms with van der Waals surface area (Å²) in [4.78, 5) is 43.7. The number of carbonyl (C=O) groups is 1. The van der Waals surface area contributed by atoms with Crippen LogP contribution in [0, 0.1) is 10.1 Å². The van der Waals surface area contributed by atoms with Crippen LogP contribution in [0.15, 0.2) is 86.6 Å². The molecule has 1 atom stereocenters. The Balaban J connectivity index is 1.68. The maximum absolute atomic E-state index is 13.5. The summed E-state index contributed by atoms with van der Waals surface area (Å²) in [6, 6.07) is 18.4. The van der Waals surface area contributed by atoms with Crippen molar-refractivity contribution in [1.82, 2.24) is 4.57 Å². The van der Waals surface area contributed by atoms with Gasteiger partial charge in [0.15, 0.2) is 16.3 Å². The first kappa shape index (κ1) is 29.9. The first-order valence-corrected chi connectivity index (χ1v) is 14.8. The van der Waals surface area contributed by atoms with Crippen LogP contribution in [-0.2, 0) is 16.1 Å². The number of thiazole rings is 1. The molecule has 10 nitrogen and oxygen atoms in total. The smallest absolute Gasteiger partial charge is 0.338 e. The second-order valence-corrected chi connectivity index (χ2v) is 11.4. The number of esters is 1. The fourth-order valence-corrected chi connectivity index (χ4v) is 6.01. The molecule has 0 fully saturated rings. The van der Waals surface area contributed by atoms with Crippen LogP contribution in [0.5, 0.6) is 11.5 Å². The maximum Gasteiger partial charge on any atom is 0.338 e. The molecule has 0 radical (unpaired) electrons. The quantitative estimate of drug-likeness (QED) is 0.138. The largest absolute Gasteiger partial charge is 0.493 e. The van der Waals surface area contributed by atoms with Gasteiger partial charge in [0.05, 0.1) is 40.4 Å². The van der Waals surface area contributed by atoms with Crippen molar-refractivity contribution in [2.45, 2.75) is 26.5 Å². The molecule has 0 spiro atoms. The van der Waals surface area contributed by atoms with Crippen LogP contribution in [0.25, 0.3) is 11.8 Å². The van der Waals surface area contributed by atoms with Crippen LogP contribution < -0.4 is 24.4 Å². The highest BCUT2D eigenvalue weighted by molar-refractivity contribution is 9.10. The zero-order chi connectivity index (χ0) is 30.7. The zero-order valence-electron chi connectivity index (χ0n) is 23.4. The number of nitrogens with zero attached hydrogens (tertiary/aromatic N) is 3. The van der Waals surface area contributed by atoms with E-state index in [1.807, 2.05) is 54.6 Å². The summed E-state index contributed by atoms with van der Waals surface area (Å²) in [6.07, 6.45) is 1.73. The molecule has 0 saturated heterocycles. The van der Waals surface area contributed by atoms with Crippen LogP contribution in [0.4, 0.5) is 5.69 Å². The molecule has 0 unspecified atom stereocenters. The minimum Gasteiger partial charge on any atom is -0.493 e. The van der Waals surface area contributed by atoms with Crippen molar-refractivity contribution in [3.63, 3.8) is 0 Å². The van der Waals surface area contributed by atoms with E-state index in [1.165, 1.54) is 23.8 Å². The number of hydrogen-bond donors (Lipinski definition) is 0. The Morgan fingerprint density at radius 3 is 2.51 bits per heavy atom. The lowest BCUT2D eigenvalue weighted by Gasteiger charge is -2.23. The highest BCUT2D eigenvalue weighted by atomic mass is 79.9. The van der Waals surface area contributed by atoms with E-state index < -0.39 is 16.9 Å². The van der Waals surface area contributed by atoms with E-state index in [1.54, 1.807) is 19.9 Å². The molecule has 0 saturated carbocycles. The van der Waals surface area contributed by atoms with Gasteiger partial charge in [0.1, 0.15) is 12.6 Å². The molecule has 0 N–H and O–H groups in total. The van der Waals surface area contributed by atoms with Gasteiger partial charge in [-0.1, -0.05) is 69.7 Å². The zero-order valence-corrected chi connectivity index (χ0v) is 25.8. The first-order valence-electron chi connectivity index (χ1n) is 13.2. The van der Waals surface area contributed by atoms with Crippen molar-refractivity contribution in [3.05, 3.63) is 123 Å². The monoisotopic (exact) mass is 663 g/mol. The lowest BCUT2D eigenvalue weighted by atomic mass is 9.94. The highest BCUT2D eigenvalue weighted by Gasteiger charge is 2.36. The van der Waals surface area contributed by atoms with E-state index in [0.29, 0.717) is 9.33 Å². The van der Waals surface area contributed by atoms with Gasteiger partial charge in [-0.3, -0.25) is 19.5 Å². The number of allylic oxidation sites excluding steroid dienone is 1. The third kappa shape index (κ3) is 6.15. The maximum atomic E-state index is 13.5. The fraction of sp³-hybridized carbons (Fsp3) is 0.194. The van der Waals surface area contributed by atoms with Gasteiger partial charge < -0.3 is 14.2 Å². The lowest BCUT2D eigenvalue weighted by molar-refractivity contribution is -0.385. The van der Waals surface area contributed by atoms with Gasteiger partial charge in [-0.25, -0.2) is 9.79 Å². The lowest BCUT2D eigenvalue weighted by Crippen LogP contribution is -2.35. The molecule has 4 aromatic rings. The summed E-state index contributed by atoms with van der Waals surface area (Å²) in [7, 11) is 1.42. The third-order valence-corrected chi connectivity index (χ3v) is 8.26. The average molecular weight is 665 g/mol. The minimum absolute atomic E-state index is 0.0209. The molecule has 220 valence electrons. The van der Waals surface area contributed by atoms with E-state index in [4.69, 9.17) is 19.2 Å². The summed E-state index contributed by atoms with van der Waals surface area (Å²) in [5.41, 5.74) is 1.39. The van der Waals surface area contributed by atoms with Crippen molar-refractivity contribution in [2.75, 3.05) is 13.7 Å². The standard InChI is InChI=1S/C31H26BrN3O7S/c1-4-41-30(37)27-18(2)34-29(36)26(14-19-10-12-21(32)13-11-19)43-31(34)33-28(27)22-15-24(40-3)25(16-23(22)35(38)39)42-17-20-8-6-5-7-9-20/h5-16,28H,4,17H2,1-3H3/b26-14-/t28-/m0/s1. The molecule has 5 rings (SSSR count). The van der Waals surface area contributed by atoms with Crippen molar-refractivity contribution in [1.29, 1.82) is 0 Å². The van der Waals surface area contributed by atoms with E-state index in [-0.39, 0.29) is 52.8 Å². The molecule has 1 aromatic heterocycles. The average Bonchev–Trinajstić information content (AvgIpc) is 3.31. The van der Waals surface area contributed by atoms with E-state index in [0.717, 1.165) is 26.9 Å². The Morgan fingerprint density at radius 2 is 1.86 bits per heavy atom. The van der Waals surface area contributed by atoms with Crippen LogP contribution in [0.2, 0.25) is 0 Å². The highest BCUT2D eigenvalue weighted by Crippen LogP contribution is 2.43. The van der Waals surface area contributed by atoms with Crippen LogP contribution in [0.1, 0.15) is 36.6 Å². The molecule has 0 aliphatic carbocycles. The third-order valence-electron chi connectivity index (χ3n) is 6.75. The molecular weight excluding hydrogens is 638 g/mol. The molecule has 0 amide bonds. The number of ether oxygens (including phenoxy) is 3. The number of rotatable bonds is 9. The van der Waals surface area contributed by atoms with Crippen LogP contribution in [-0.4, -0.2) is 29.2 Å². The number of carbonyl (C=O) groups excluding carboxylic acids is 1. The number of halogens is 1. The Hall–Kier alpha value is -4.55. The normalized spacial score (nSPS) is 14.6. The Labute approximate surface area is 258 Å². The van der Waals surface area contributed by atoms with Gasteiger partial charge in [-0.15, -0.1) is 0 Å². The van der Waals surface area contributed by atoms with Crippen molar-refractivity contribution in [3.8, 4) is 11.5 Å². The van der Waals surface area contributed by atoms with Gasteiger partial charge >= 0.3 is 5.97 Å². The summed E-state index contributed by atoms with van der Waals surface area (Å²) < 4.78 is 19.4. The van der Waals surface area contributed by atoms with Crippen LogP contribution >= 0.6 is 27.3 Å². The first-order chi connectivity index (χ1) is 20.7.